The Labute approximate surface area is 225 Å². The Balaban J connectivity index is 1.79. The van der Waals surface area contributed by atoms with Crippen molar-refractivity contribution in [1.29, 1.82) is 5.26 Å². The van der Waals surface area contributed by atoms with Gasteiger partial charge in [-0.3, -0.25) is 4.98 Å². The molecule has 0 radical (unpaired) electrons. The lowest BCUT2D eigenvalue weighted by Gasteiger charge is -2.41. The Morgan fingerprint density at radius 1 is 1.15 bits per heavy atom. The third-order valence-electron chi connectivity index (χ3n) is 7.88. The SMILES string of the molecule is COCCN(C[C@@H]1[C@H](O)[C@]2(O)c3c(OC)cncc3O[C@]2(c2ccc(C#N)cc2)[C@H]1c1ccccc1)C(=O)O. The predicted octanol–water partition coefficient (Wildman–Crippen LogP) is 2.84. The van der Waals surface area contributed by atoms with E-state index in [0.717, 1.165) is 5.56 Å². The molecule has 10 nitrogen and oxygen atoms in total. The standard InChI is InChI=1S/C29H29N3O7/c1-37-13-12-32(27(34)35)17-21-24(19-6-4-3-5-7-19)29(20-10-8-18(14-30)9-11-20)28(36,26(21)33)25-22(38-2)15-31-16-23(25)39-29/h3-11,15-16,21,24,26,33,36H,12-13,17H2,1-2H3,(H,34,35)/t21-,24-,26-,28+,29+/m0/s1. The third kappa shape index (κ3) is 3.89. The van der Waals surface area contributed by atoms with Crippen molar-refractivity contribution in [3.05, 3.63) is 89.2 Å². The van der Waals surface area contributed by atoms with E-state index < -0.39 is 35.2 Å². The fourth-order valence-electron chi connectivity index (χ4n) is 6.25. The summed E-state index contributed by atoms with van der Waals surface area (Å²) in [4.78, 5) is 17.6. The van der Waals surface area contributed by atoms with Crippen molar-refractivity contribution < 1.29 is 34.3 Å². The lowest BCUT2D eigenvalue weighted by atomic mass is 9.70. The van der Waals surface area contributed by atoms with Crippen molar-refractivity contribution >= 4 is 6.09 Å². The van der Waals surface area contributed by atoms with Gasteiger partial charge < -0.3 is 34.4 Å². The highest BCUT2D eigenvalue weighted by Crippen LogP contribution is 2.69. The van der Waals surface area contributed by atoms with E-state index in [9.17, 15) is 25.4 Å². The van der Waals surface area contributed by atoms with Crippen molar-refractivity contribution in [3.63, 3.8) is 0 Å². The molecule has 3 N–H and O–H groups in total. The lowest BCUT2D eigenvalue weighted by molar-refractivity contribution is -0.152. The highest BCUT2D eigenvalue weighted by molar-refractivity contribution is 5.65. The van der Waals surface area contributed by atoms with Crippen LogP contribution < -0.4 is 9.47 Å². The molecule has 2 heterocycles. The number of aromatic nitrogens is 1. The molecular weight excluding hydrogens is 502 g/mol. The zero-order valence-corrected chi connectivity index (χ0v) is 21.5. The van der Waals surface area contributed by atoms with E-state index in [2.05, 4.69) is 11.1 Å². The molecule has 2 aromatic carbocycles. The van der Waals surface area contributed by atoms with Gasteiger partial charge in [-0.2, -0.15) is 5.26 Å². The largest absolute Gasteiger partial charge is 0.495 e. The summed E-state index contributed by atoms with van der Waals surface area (Å²) in [6, 6.07) is 18.0. The van der Waals surface area contributed by atoms with Crippen LogP contribution in [0, 0.1) is 17.2 Å². The van der Waals surface area contributed by atoms with Crippen LogP contribution in [0.1, 0.15) is 28.2 Å². The minimum absolute atomic E-state index is 0.0730. The number of methoxy groups -OCH3 is 2. The maximum Gasteiger partial charge on any atom is 0.407 e. The van der Waals surface area contributed by atoms with Crippen molar-refractivity contribution in [2.75, 3.05) is 33.9 Å². The Hall–Kier alpha value is -4.17. The Kier molecular flexibility index (Phi) is 6.91. The number of aliphatic hydroxyl groups excluding tert-OH is 1. The normalized spacial score (nSPS) is 26.7. The quantitative estimate of drug-likeness (QED) is 0.399. The van der Waals surface area contributed by atoms with E-state index in [1.54, 1.807) is 24.3 Å². The molecule has 39 heavy (non-hydrogen) atoms. The molecule has 5 atom stereocenters. The average Bonchev–Trinajstić information content (AvgIpc) is 3.33. The molecule has 202 valence electrons. The smallest absolute Gasteiger partial charge is 0.407 e. The third-order valence-corrected chi connectivity index (χ3v) is 7.88. The Morgan fingerprint density at radius 2 is 1.87 bits per heavy atom. The number of ether oxygens (including phenoxy) is 3. The van der Waals surface area contributed by atoms with Gasteiger partial charge in [0.2, 0.25) is 0 Å². The molecule has 5 rings (SSSR count). The predicted molar refractivity (Wildman–Crippen MR) is 138 cm³/mol. The van der Waals surface area contributed by atoms with Gasteiger partial charge in [0.15, 0.2) is 11.2 Å². The van der Waals surface area contributed by atoms with Crippen LogP contribution in [0.5, 0.6) is 11.5 Å². The number of nitriles is 1. The number of hydrogen-bond donors (Lipinski definition) is 3. The van der Waals surface area contributed by atoms with Gasteiger partial charge in [-0.1, -0.05) is 42.5 Å². The van der Waals surface area contributed by atoms with Gasteiger partial charge in [-0.25, -0.2) is 4.79 Å². The molecule has 0 spiro atoms. The second kappa shape index (κ2) is 10.2. The van der Waals surface area contributed by atoms with Crippen LogP contribution in [0.4, 0.5) is 4.79 Å². The number of hydrogen-bond acceptors (Lipinski definition) is 8. The summed E-state index contributed by atoms with van der Waals surface area (Å²) in [5.41, 5.74) is -1.79. The highest BCUT2D eigenvalue weighted by Gasteiger charge is 2.76. The molecule has 2 aliphatic rings. The molecule has 1 aliphatic carbocycles. The van der Waals surface area contributed by atoms with Gasteiger partial charge in [-0.15, -0.1) is 0 Å². The molecule has 0 bridgehead atoms. The monoisotopic (exact) mass is 531 g/mol. The van der Waals surface area contributed by atoms with E-state index in [4.69, 9.17) is 14.2 Å². The molecule has 1 amide bonds. The molecule has 0 saturated heterocycles. The fraction of sp³-hybridized carbons (Fsp3) is 0.345. The number of pyridine rings is 1. The summed E-state index contributed by atoms with van der Waals surface area (Å²) in [7, 11) is 2.92. The van der Waals surface area contributed by atoms with Gasteiger partial charge in [0, 0.05) is 32.0 Å². The molecule has 1 aromatic heterocycles. The Morgan fingerprint density at radius 3 is 2.49 bits per heavy atom. The van der Waals surface area contributed by atoms with Crippen molar-refractivity contribution in [3.8, 4) is 17.6 Å². The number of amides is 1. The highest BCUT2D eigenvalue weighted by atomic mass is 16.5. The fourth-order valence-corrected chi connectivity index (χ4v) is 6.25. The number of carbonyl (C=O) groups is 1. The first-order valence-corrected chi connectivity index (χ1v) is 12.5. The number of carboxylic acid groups (broad SMARTS) is 1. The van der Waals surface area contributed by atoms with Crippen molar-refractivity contribution in [1.82, 2.24) is 9.88 Å². The van der Waals surface area contributed by atoms with Crippen LogP contribution in [-0.4, -0.2) is 71.3 Å². The van der Waals surface area contributed by atoms with E-state index in [-0.39, 0.29) is 36.8 Å². The first-order chi connectivity index (χ1) is 18.8. The van der Waals surface area contributed by atoms with Gasteiger partial charge in [0.1, 0.15) is 11.5 Å². The van der Waals surface area contributed by atoms with E-state index in [0.29, 0.717) is 11.1 Å². The minimum Gasteiger partial charge on any atom is -0.495 e. The van der Waals surface area contributed by atoms with Gasteiger partial charge in [0.25, 0.3) is 0 Å². The van der Waals surface area contributed by atoms with E-state index in [1.165, 1.54) is 31.5 Å². The van der Waals surface area contributed by atoms with Crippen LogP contribution >= 0.6 is 0 Å². The Bertz CT molecular complexity index is 1390. The maximum atomic E-state index is 12.8. The number of rotatable bonds is 8. The van der Waals surface area contributed by atoms with Crippen LogP contribution in [-0.2, 0) is 15.9 Å². The van der Waals surface area contributed by atoms with Gasteiger partial charge in [-0.05, 0) is 23.3 Å². The molecular formula is C29H29N3O7. The molecule has 1 saturated carbocycles. The summed E-state index contributed by atoms with van der Waals surface area (Å²) in [6.45, 7) is 0.129. The van der Waals surface area contributed by atoms with Gasteiger partial charge in [0.05, 0.1) is 49.4 Å². The maximum absolute atomic E-state index is 12.8. The number of nitrogens with zero attached hydrogens (tertiary/aromatic N) is 3. The van der Waals surface area contributed by atoms with Crippen LogP contribution in [0.25, 0.3) is 0 Å². The zero-order valence-electron chi connectivity index (χ0n) is 21.5. The van der Waals surface area contributed by atoms with E-state index >= 15 is 0 Å². The first kappa shape index (κ1) is 26.4. The second-order valence-electron chi connectivity index (χ2n) is 9.73. The van der Waals surface area contributed by atoms with Gasteiger partial charge >= 0.3 is 6.09 Å². The van der Waals surface area contributed by atoms with Crippen LogP contribution in [0.15, 0.2) is 67.0 Å². The molecule has 1 fully saturated rings. The van der Waals surface area contributed by atoms with E-state index in [1.807, 2.05) is 30.3 Å². The molecule has 0 unspecified atom stereocenters. The molecule has 10 heteroatoms. The summed E-state index contributed by atoms with van der Waals surface area (Å²) < 4.78 is 17.4. The zero-order chi connectivity index (χ0) is 27.8. The van der Waals surface area contributed by atoms with Crippen LogP contribution in [0.3, 0.4) is 0 Å². The summed E-state index contributed by atoms with van der Waals surface area (Å²) in [5.74, 6) is -1.07. The summed E-state index contributed by atoms with van der Waals surface area (Å²) in [5, 5.41) is 44.3. The molecule has 1 aliphatic heterocycles. The topological polar surface area (TPSA) is 145 Å². The average molecular weight is 532 g/mol. The number of aliphatic hydroxyl groups is 2. The van der Waals surface area contributed by atoms with Crippen molar-refractivity contribution in [2.45, 2.75) is 23.2 Å². The second-order valence-corrected chi connectivity index (χ2v) is 9.73. The van der Waals surface area contributed by atoms with Crippen LogP contribution in [0.2, 0.25) is 0 Å². The first-order valence-electron chi connectivity index (χ1n) is 12.5. The summed E-state index contributed by atoms with van der Waals surface area (Å²) in [6.07, 6.45) is 0.242. The summed E-state index contributed by atoms with van der Waals surface area (Å²) >= 11 is 0. The number of benzene rings is 2. The number of fused-ring (bicyclic) bond motifs is 3. The lowest BCUT2D eigenvalue weighted by Crippen LogP contribution is -2.52. The molecule has 3 aromatic rings. The minimum atomic E-state index is -2.07. The van der Waals surface area contributed by atoms with Crippen molar-refractivity contribution in [2.24, 2.45) is 5.92 Å².